The maximum atomic E-state index is 11.1. The molecule has 18 heavy (non-hydrogen) atoms. The molecule has 0 saturated heterocycles. The molecule has 0 radical (unpaired) electrons. The Bertz CT molecular complexity index is 504. The monoisotopic (exact) mass is 252 g/mol. The van der Waals surface area contributed by atoms with Crippen LogP contribution in [0.4, 0.5) is 0 Å². The van der Waals surface area contributed by atoms with E-state index < -0.39 is 11.9 Å². The van der Waals surface area contributed by atoms with E-state index in [1.165, 1.54) is 32.4 Å². The molecular formula is C12H12O6. The van der Waals surface area contributed by atoms with E-state index in [1.54, 1.807) is 0 Å². The maximum absolute atomic E-state index is 11.1. The minimum Gasteiger partial charge on any atom is -0.493 e. The second-order valence-electron chi connectivity index (χ2n) is 3.27. The molecule has 2 N–H and O–H groups in total. The molecule has 6 heteroatoms. The number of aliphatic carboxylic acids is 1. The van der Waals surface area contributed by atoms with Gasteiger partial charge in [-0.1, -0.05) is 0 Å². The number of aromatic carboxylic acids is 1. The summed E-state index contributed by atoms with van der Waals surface area (Å²) in [6.07, 6.45) is 2.04. The van der Waals surface area contributed by atoms with Crippen LogP contribution in [0.2, 0.25) is 0 Å². The molecule has 0 spiro atoms. The molecule has 6 nitrogen and oxygen atoms in total. The number of benzene rings is 1. The van der Waals surface area contributed by atoms with Gasteiger partial charge in [0, 0.05) is 6.08 Å². The number of carboxylic acid groups (broad SMARTS) is 2. The van der Waals surface area contributed by atoms with E-state index in [-0.39, 0.29) is 16.9 Å². The molecule has 1 aromatic carbocycles. The number of ether oxygens (including phenoxy) is 2. The van der Waals surface area contributed by atoms with Crippen LogP contribution < -0.4 is 9.47 Å². The predicted molar refractivity (Wildman–Crippen MR) is 63.2 cm³/mol. The lowest BCUT2D eigenvalue weighted by atomic mass is 10.1. The van der Waals surface area contributed by atoms with Crippen LogP contribution in [-0.2, 0) is 4.79 Å². The molecular weight excluding hydrogens is 240 g/mol. The third kappa shape index (κ3) is 3.00. The zero-order valence-corrected chi connectivity index (χ0v) is 9.84. The van der Waals surface area contributed by atoms with Gasteiger partial charge >= 0.3 is 11.9 Å². The molecule has 0 aliphatic carbocycles. The number of hydrogen-bond donors (Lipinski definition) is 2. The smallest absolute Gasteiger partial charge is 0.336 e. The highest BCUT2D eigenvalue weighted by molar-refractivity contribution is 5.95. The van der Waals surface area contributed by atoms with E-state index >= 15 is 0 Å². The molecule has 1 rings (SSSR count). The average molecular weight is 252 g/mol. The van der Waals surface area contributed by atoms with Crippen LogP contribution in [0, 0.1) is 0 Å². The van der Waals surface area contributed by atoms with Crippen molar-refractivity contribution in [1.29, 1.82) is 0 Å². The molecule has 0 saturated carbocycles. The summed E-state index contributed by atoms with van der Waals surface area (Å²) in [7, 11) is 2.79. The van der Waals surface area contributed by atoms with Crippen molar-refractivity contribution in [3.8, 4) is 11.5 Å². The van der Waals surface area contributed by atoms with E-state index in [1.807, 2.05) is 0 Å². The van der Waals surface area contributed by atoms with Crippen molar-refractivity contribution in [1.82, 2.24) is 0 Å². The molecule has 0 bridgehead atoms. The van der Waals surface area contributed by atoms with Crippen LogP contribution in [-0.4, -0.2) is 36.4 Å². The fraction of sp³-hybridized carbons (Fsp3) is 0.167. The molecule has 0 aliphatic rings. The topological polar surface area (TPSA) is 93.1 Å². The molecule has 1 aromatic rings. The number of carbonyl (C=O) groups is 2. The Morgan fingerprint density at radius 2 is 1.67 bits per heavy atom. The highest BCUT2D eigenvalue weighted by Gasteiger charge is 2.14. The Balaban J connectivity index is 3.37. The Kier molecular flexibility index (Phi) is 4.31. The van der Waals surface area contributed by atoms with Gasteiger partial charge < -0.3 is 19.7 Å². The summed E-state index contributed by atoms with van der Waals surface area (Å²) in [4.78, 5) is 21.5. The van der Waals surface area contributed by atoms with Crippen molar-refractivity contribution < 1.29 is 29.3 Å². The zero-order valence-electron chi connectivity index (χ0n) is 9.84. The Morgan fingerprint density at radius 3 is 2.11 bits per heavy atom. The van der Waals surface area contributed by atoms with Crippen LogP contribution in [0.1, 0.15) is 15.9 Å². The second kappa shape index (κ2) is 5.72. The summed E-state index contributed by atoms with van der Waals surface area (Å²) in [6.45, 7) is 0. The van der Waals surface area contributed by atoms with Crippen molar-refractivity contribution in [2.75, 3.05) is 14.2 Å². The minimum absolute atomic E-state index is 0.0647. The fourth-order valence-corrected chi connectivity index (χ4v) is 1.38. The Labute approximate surface area is 103 Å². The van der Waals surface area contributed by atoms with Crippen molar-refractivity contribution >= 4 is 18.0 Å². The maximum Gasteiger partial charge on any atom is 0.336 e. The van der Waals surface area contributed by atoms with E-state index in [0.29, 0.717) is 5.75 Å². The van der Waals surface area contributed by atoms with Gasteiger partial charge in [0.05, 0.1) is 19.8 Å². The fourth-order valence-electron chi connectivity index (χ4n) is 1.38. The first-order valence-electron chi connectivity index (χ1n) is 4.90. The van der Waals surface area contributed by atoms with Gasteiger partial charge in [0.2, 0.25) is 0 Å². The summed E-state index contributed by atoms with van der Waals surface area (Å²) in [5, 5.41) is 17.6. The van der Waals surface area contributed by atoms with Crippen molar-refractivity contribution in [2.24, 2.45) is 0 Å². The van der Waals surface area contributed by atoms with Gasteiger partial charge in [-0.25, -0.2) is 9.59 Å². The van der Waals surface area contributed by atoms with Gasteiger partial charge in [-0.3, -0.25) is 0 Å². The van der Waals surface area contributed by atoms with Gasteiger partial charge in [-0.15, -0.1) is 0 Å². The van der Waals surface area contributed by atoms with Gasteiger partial charge in [-0.2, -0.15) is 0 Å². The highest BCUT2D eigenvalue weighted by atomic mass is 16.5. The lowest BCUT2D eigenvalue weighted by Gasteiger charge is -2.10. The predicted octanol–water partition coefficient (Wildman–Crippen LogP) is 1.50. The van der Waals surface area contributed by atoms with E-state index in [4.69, 9.17) is 19.7 Å². The van der Waals surface area contributed by atoms with Gasteiger partial charge in [-0.05, 0) is 23.8 Å². The summed E-state index contributed by atoms with van der Waals surface area (Å²) >= 11 is 0. The van der Waals surface area contributed by atoms with Crippen LogP contribution in [0.25, 0.3) is 6.08 Å². The molecule has 0 aromatic heterocycles. The summed E-state index contributed by atoms with van der Waals surface area (Å²) in [6, 6.07) is 2.68. The molecule has 0 atom stereocenters. The third-order valence-electron chi connectivity index (χ3n) is 2.19. The van der Waals surface area contributed by atoms with E-state index in [2.05, 4.69) is 0 Å². The summed E-state index contributed by atoms with van der Waals surface area (Å²) in [5.74, 6) is -1.75. The molecule has 96 valence electrons. The Hall–Kier alpha value is -2.50. The van der Waals surface area contributed by atoms with Crippen LogP contribution in [0.15, 0.2) is 18.2 Å². The van der Waals surface area contributed by atoms with Gasteiger partial charge in [0.25, 0.3) is 0 Å². The lowest BCUT2D eigenvalue weighted by Crippen LogP contribution is -2.02. The third-order valence-corrected chi connectivity index (χ3v) is 2.19. The minimum atomic E-state index is -1.18. The van der Waals surface area contributed by atoms with Crippen LogP contribution in [0.5, 0.6) is 11.5 Å². The quantitative estimate of drug-likeness (QED) is 0.771. The summed E-state index contributed by atoms with van der Waals surface area (Å²) < 4.78 is 10.00. The number of hydrogen-bond acceptors (Lipinski definition) is 4. The van der Waals surface area contributed by atoms with Crippen LogP contribution >= 0.6 is 0 Å². The molecule has 0 fully saturated rings. The first kappa shape index (κ1) is 13.6. The normalized spacial score (nSPS) is 10.3. The number of rotatable bonds is 5. The first-order chi connectivity index (χ1) is 8.49. The highest BCUT2D eigenvalue weighted by Crippen LogP contribution is 2.31. The van der Waals surface area contributed by atoms with Gasteiger partial charge in [0.15, 0.2) is 11.5 Å². The number of methoxy groups -OCH3 is 2. The summed E-state index contributed by atoms with van der Waals surface area (Å²) in [5.41, 5.74) is 0.160. The molecule has 0 aliphatic heterocycles. The molecule has 0 amide bonds. The Morgan fingerprint density at radius 1 is 1.11 bits per heavy atom. The standard InChI is InChI=1S/C12H12O6/c1-17-9-5-7(3-4-11(13)14)8(12(15)16)6-10(9)18-2/h3-6H,1-2H3,(H,13,14)(H,15,16). The van der Waals surface area contributed by atoms with E-state index in [9.17, 15) is 9.59 Å². The molecule has 0 unspecified atom stereocenters. The average Bonchev–Trinajstić information content (AvgIpc) is 2.34. The van der Waals surface area contributed by atoms with Gasteiger partial charge in [0.1, 0.15) is 0 Å². The SMILES string of the molecule is COc1cc(C=CC(=O)O)c(C(=O)O)cc1OC. The lowest BCUT2D eigenvalue weighted by molar-refractivity contribution is -0.131. The number of carboxylic acids is 2. The van der Waals surface area contributed by atoms with Crippen molar-refractivity contribution in [2.45, 2.75) is 0 Å². The zero-order chi connectivity index (χ0) is 13.7. The first-order valence-corrected chi connectivity index (χ1v) is 4.90. The van der Waals surface area contributed by atoms with Crippen LogP contribution in [0.3, 0.4) is 0 Å². The molecule has 0 heterocycles. The van der Waals surface area contributed by atoms with Crippen molar-refractivity contribution in [3.05, 3.63) is 29.3 Å². The van der Waals surface area contributed by atoms with Crippen molar-refractivity contribution in [3.63, 3.8) is 0 Å². The largest absolute Gasteiger partial charge is 0.493 e. The van der Waals surface area contributed by atoms with E-state index in [0.717, 1.165) is 6.08 Å². The second-order valence-corrected chi connectivity index (χ2v) is 3.27.